The number of carbonyl (C=O) groups is 1. The van der Waals surface area contributed by atoms with Gasteiger partial charge in [0.05, 0.1) is 12.2 Å². The van der Waals surface area contributed by atoms with Crippen LogP contribution in [0.2, 0.25) is 5.02 Å². The minimum absolute atomic E-state index is 0.212. The highest BCUT2D eigenvalue weighted by Crippen LogP contribution is 2.32. The summed E-state index contributed by atoms with van der Waals surface area (Å²) in [6.45, 7) is 2.58. The van der Waals surface area contributed by atoms with Crippen molar-refractivity contribution in [3.05, 3.63) is 28.3 Å². The summed E-state index contributed by atoms with van der Waals surface area (Å²) in [5.41, 5.74) is 1.73. The summed E-state index contributed by atoms with van der Waals surface area (Å²) in [6, 6.07) is 3.72. The zero-order valence-corrected chi connectivity index (χ0v) is 10.7. The molecule has 1 aromatic rings. The first-order valence-electron chi connectivity index (χ1n) is 5.34. The standard InChI is InChI=1S/C12H13ClO2S/c1-2-5-16-10-7-9(13)6-8-3-4-15-12(14)11(8)10/h6-7H,2-5H2,1H3. The SMILES string of the molecule is CCCSc1cc(Cl)cc2c1C(=O)OCC2. The molecule has 0 amide bonds. The summed E-state index contributed by atoms with van der Waals surface area (Å²) >= 11 is 7.71. The third kappa shape index (κ3) is 2.36. The van der Waals surface area contributed by atoms with Crippen LogP contribution in [-0.4, -0.2) is 18.3 Å². The van der Waals surface area contributed by atoms with Crippen LogP contribution in [0.15, 0.2) is 17.0 Å². The van der Waals surface area contributed by atoms with Crippen molar-refractivity contribution in [3.63, 3.8) is 0 Å². The lowest BCUT2D eigenvalue weighted by atomic mass is 10.0. The molecule has 2 nitrogen and oxygen atoms in total. The van der Waals surface area contributed by atoms with Gasteiger partial charge in [0.15, 0.2) is 0 Å². The molecule has 0 N–H and O–H groups in total. The monoisotopic (exact) mass is 256 g/mol. The molecule has 1 heterocycles. The molecule has 1 aliphatic heterocycles. The van der Waals surface area contributed by atoms with Crippen LogP contribution in [0.3, 0.4) is 0 Å². The van der Waals surface area contributed by atoms with Gasteiger partial charge in [0.2, 0.25) is 0 Å². The molecule has 0 aliphatic carbocycles. The van der Waals surface area contributed by atoms with E-state index < -0.39 is 0 Å². The van der Waals surface area contributed by atoms with Gasteiger partial charge in [0, 0.05) is 16.3 Å². The molecular formula is C12H13ClO2S. The Bertz CT molecular complexity index is 418. The number of rotatable bonds is 3. The van der Waals surface area contributed by atoms with Crippen LogP contribution in [0.25, 0.3) is 0 Å². The van der Waals surface area contributed by atoms with Crippen LogP contribution < -0.4 is 0 Å². The Morgan fingerprint density at radius 2 is 2.31 bits per heavy atom. The number of thioether (sulfide) groups is 1. The van der Waals surface area contributed by atoms with Crippen molar-refractivity contribution in [2.75, 3.05) is 12.4 Å². The number of carbonyl (C=O) groups excluding carboxylic acids is 1. The number of benzene rings is 1. The third-order valence-corrected chi connectivity index (χ3v) is 3.88. The predicted octanol–water partition coefficient (Wildman–Crippen LogP) is 3.56. The highest BCUT2D eigenvalue weighted by Gasteiger charge is 2.23. The molecule has 2 rings (SSSR count). The molecule has 0 aromatic heterocycles. The number of esters is 1. The summed E-state index contributed by atoms with van der Waals surface area (Å²) in [6.07, 6.45) is 1.84. The van der Waals surface area contributed by atoms with E-state index in [0.29, 0.717) is 17.2 Å². The van der Waals surface area contributed by atoms with Crippen molar-refractivity contribution in [2.45, 2.75) is 24.7 Å². The molecule has 0 radical (unpaired) electrons. The molecule has 0 spiro atoms. The highest BCUT2D eigenvalue weighted by molar-refractivity contribution is 7.99. The van der Waals surface area contributed by atoms with E-state index in [1.165, 1.54) is 0 Å². The lowest BCUT2D eigenvalue weighted by molar-refractivity contribution is 0.0475. The highest BCUT2D eigenvalue weighted by atomic mass is 35.5. The second-order valence-corrected chi connectivity index (χ2v) is 5.25. The number of halogens is 1. The van der Waals surface area contributed by atoms with E-state index in [1.807, 2.05) is 12.1 Å². The largest absolute Gasteiger partial charge is 0.462 e. The van der Waals surface area contributed by atoms with Crippen LogP contribution >= 0.6 is 23.4 Å². The quantitative estimate of drug-likeness (QED) is 0.611. The van der Waals surface area contributed by atoms with Crippen LogP contribution in [0.4, 0.5) is 0 Å². The molecule has 1 aromatic carbocycles. The topological polar surface area (TPSA) is 26.3 Å². The molecule has 0 saturated heterocycles. The minimum atomic E-state index is -0.212. The maximum absolute atomic E-state index is 11.7. The minimum Gasteiger partial charge on any atom is -0.462 e. The Labute approximate surface area is 104 Å². The van der Waals surface area contributed by atoms with Gasteiger partial charge in [0.1, 0.15) is 0 Å². The van der Waals surface area contributed by atoms with Gasteiger partial charge in [-0.25, -0.2) is 4.79 Å². The summed E-state index contributed by atoms with van der Waals surface area (Å²) in [7, 11) is 0. The van der Waals surface area contributed by atoms with Crippen molar-refractivity contribution in [2.24, 2.45) is 0 Å². The summed E-state index contributed by atoms with van der Waals surface area (Å²) in [5, 5.41) is 0.701. The van der Waals surface area contributed by atoms with Crippen molar-refractivity contribution in [1.82, 2.24) is 0 Å². The van der Waals surface area contributed by atoms with Gasteiger partial charge in [-0.1, -0.05) is 18.5 Å². The molecule has 16 heavy (non-hydrogen) atoms. The third-order valence-electron chi connectivity index (χ3n) is 2.42. The van der Waals surface area contributed by atoms with E-state index in [4.69, 9.17) is 16.3 Å². The fraction of sp³-hybridized carbons (Fsp3) is 0.417. The van der Waals surface area contributed by atoms with Gasteiger partial charge in [-0.3, -0.25) is 0 Å². The summed E-state index contributed by atoms with van der Waals surface area (Å²) in [4.78, 5) is 12.7. The lowest BCUT2D eigenvalue weighted by Gasteiger charge is -2.18. The molecule has 86 valence electrons. The number of ether oxygens (including phenoxy) is 1. The number of hydrogen-bond donors (Lipinski definition) is 0. The second kappa shape index (κ2) is 5.11. The van der Waals surface area contributed by atoms with E-state index >= 15 is 0 Å². The first-order chi connectivity index (χ1) is 7.72. The van der Waals surface area contributed by atoms with Gasteiger partial charge >= 0.3 is 5.97 Å². The van der Waals surface area contributed by atoms with Gasteiger partial charge in [-0.05, 0) is 29.9 Å². The maximum atomic E-state index is 11.7. The zero-order chi connectivity index (χ0) is 11.5. The molecule has 0 unspecified atom stereocenters. The molecule has 1 aliphatic rings. The Morgan fingerprint density at radius 3 is 3.06 bits per heavy atom. The number of fused-ring (bicyclic) bond motifs is 1. The van der Waals surface area contributed by atoms with Gasteiger partial charge in [0.25, 0.3) is 0 Å². The Morgan fingerprint density at radius 1 is 1.50 bits per heavy atom. The number of hydrogen-bond acceptors (Lipinski definition) is 3. The van der Waals surface area contributed by atoms with Gasteiger partial charge in [-0.2, -0.15) is 0 Å². The summed E-state index contributed by atoms with van der Waals surface area (Å²) < 4.78 is 5.07. The first-order valence-corrected chi connectivity index (χ1v) is 6.71. The smallest absolute Gasteiger partial charge is 0.339 e. The molecule has 0 bridgehead atoms. The lowest BCUT2D eigenvalue weighted by Crippen LogP contribution is -2.18. The van der Waals surface area contributed by atoms with Gasteiger partial charge in [-0.15, -0.1) is 11.8 Å². The van der Waals surface area contributed by atoms with E-state index in [1.54, 1.807) is 11.8 Å². The van der Waals surface area contributed by atoms with Crippen LogP contribution in [0, 0.1) is 0 Å². The predicted molar refractivity (Wildman–Crippen MR) is 66.5 cm³/mol. The molecule has 0 saturated carbocycles. The van der Waals surface area contributed by atoms with Crippen molar-refractivity contribution >= 4 is 29.3 Å². The van der Waals surface area contributed by atoms with Crippen LogP contribution in [0.5, 0.6) is 0 Å². The fourth-order valence-electron chi connectivity index (χ4n) is 1.72. The normalized spacial score (nSPS) is 14.5. The van der Waals surface area contributed by atoms with E-state index in [-0.39, 0.29) is 5.97 Å². The first kappa shape index (κ1) is 11.8. The van der Waals surface area contributed by atoms with E-state index in [2.05, 4.69) is 6.92 Å². The second-order valence-electron chi connectivity index (χ2n) is 3.67. The van der Waals surface area contributed by atoms with E-state index in [9.17, 15) is 4.79 Å². The van der Waals surface area contributed by atoms with Crippen molar-refractivity contribution < 1.29 is 9.53 Å². The molecule has 0 atom stereocenters. The molecule has 4 heteroatoms. The van der Waals surface area contributed by atoms with Crippen LogP contribution in [0.1, 0.15) is 29.3 Å². The molecule has 0 fully saturated rings. The average Bonchev–Trinajstić information content (AvgIpc) is 2.25. The average molecular weight is 257 g/mol. The fourth-order valence-corrected chi connectivity index (χ4v) is 3.02. The Kier molecular flexibility index (Phi) is 3.77. The van der Waals surface area contributed by atoms with Gasteiger partial charge < -0.3 is 4.74 Å². The Hall–Kier alpha value is -0.670. The van der Waals surface area contributed by atoms with E-state index in [0.717, 1.165) is 29.1 Å². The van der Waals surface area contributed by atoms with Crippen molar-refractivity contribution in [1.29, 1.82) is 0 Å². The van der Waals surface area contributed by atoms with Crippen LogP contribution in [-0.2, 0) is 11.2 Å². The summed E-state index contributed by atoms with van der Waals surface area (Å²) in [5.74, 6) is 0.775. The maximum Gasteiger partial charge on any atom is 0.339 e. The number of cyclic esters (lactones) is 1. The van der Waals surface area contributed by atoms with Crippen molar-refractivity contribution in [3.8, 4) is 0 Å². The Balaban J connectivity index is 2.41. The molecular weight excluding hydrogens is 244 g/mol. The zero-order valence-electron chi connectivity index (χ0n) is 9.09.